The Morgan fingerprint density at radius 1 is 1.22 bits per heavy atom. The minimum atomic E-state index is -1.05. The third-order valence-electron chi connectivity index (χ3n) is 4.28. The summed E-state index contributed by atoms with van der Waals surface area (Å²) in [6.07, 6.45) is 0.376. The van der Waals surface area contributed by atoms with Gasteiger partial charge >= 0.3 is 12.0 Å². The van der Waals surface area contributed by atoms with Gasteiger partial charge < -0.3 is 15.4 Å². The van der Waals surface area contributed by atoms with Gasteiger partial charge in [-0.3, -0.25) is 24.1 Å². The molecule has 1 aromatic rings. The fourth-order valence-electron chi connectivity index (χ4n) is 2.54. The number of esters is 1. The van der Waals surface area contributed by atoms with E-state index >= 15 is 0 Å². The molecule has 1 fully saturated rings. The van der Waals surface area contributed by atoms with Crippen molar-refractivity contribution in [3.8, 4) is 0 Å². The number of rotatable bonds is 7. The van der Waals surface area contributed by atoms with Crippen molar-refractivity contribution in [1.29, 1.82) is 0 Å². The van der Waals surface area contributed by atoms with Crippen molar-refractivity contribution in [3.05, 3.63) is 29.8 Å². The number of Topliss-reactive ketones (excluding diaryl/α,β-unsaturated/α-hetero) is 1. The minimum Gasteiger partial charge on any atom is -0.454 e. The van der Waals surface area contributed by atoms with Gasteiger partial charge in [-0.05, 0) is 32.4 Å². The first-order valence-corrected chi connectivity index (χ1v) is 8.37. The van der Waals surface area contributed by atoms with E-state index in [0.717, 1.165) is 4.90 Å². The second-order valence-electron chi connectivity index (χ2n) is 6.32. The molecule has 1 unspecified atom stereocenters. The number of carbonyl (C=O) groups excluding carboxylic acids is 5. The fraction of sp³-hybridized carbons (Fsp3) is 0.389. The summed E-state index contributed by atoms with van der Waals surface area (Å²) < 4.78 is 4.83. The number of ether oxygens (including phenoxy) is 1. The van der Waals surface area contributed by atoms with Crippen LogP contribution < -0.4 is 10.6 Å². The molecule has 1 aliphatic rings. The van der Waals surface area contributed by atoms with Crippen molar-refractivity contribution in [2.24, 2.45) is 0 Å². The summed E-state index contributed by atoms with van der Waals surface area (Å²) in [6.45, 7) is 3.48. The zero-order valence-corrected chi connectivity index (χ0v) is 15.3. The standard InChI is InChI=1S/C18H21N3O6/c1-4-18(3)16(25)21(17(26)20-18)9-15(24)27-10-14(23)19-13-8-6-5-7-12(13)11(2)22/h5-8H,4,9-10H2,1-3H3,(H,19,23)(H,20,26). The van der Waals surface area contributed by atoms with Gasteiger partial charge in [0, 0.05) is 5.56 Å². The molecular formula is C18H21N3O6. The molecule has 0 saturated carbocycles. The lowest BCUT2D eigenvalue weighted by molar-refractivity contribution is -0.150. The van der Waals surface area contributed by atoms with E-state index in [4.69, 9.17) is 4.74 Å². The van der Waals surface area contributed by atoms with E-state index in [1.54, 1.807) is 38.1 Å². The lowest BCUT2D eigenvalue weighted by atomic mass is 9.99. The lowest BCUT2D eigenvalue weighted by Crippen LogP contribution is -2.43. The van der Waals surface area contributed by atoms with E-state index in [-0.39, 0.29) is 5.78 Å². The number of urea groups is 1. The first kappa shape index (κ1) is 20.1. The van der Waals surface area contributed by atoms with Crippen LogP contribution in [-0.4, -0.2) is 53.2 Å². The van der Waals surface area contributed by atoms with Crippen LogP contribution in [0.1, 0.15) is 37.6 Å². The lowest BCUT2D eigenvalue weighted by Gasteiger charge is -2.18. The molecular weight excluding hydrogens is 354 g/mol. The highest BCUT2D eigenvalue weighted by Crippen LogP contribution is 2.20. The molecule has 0 bridgehead atoms. The van der Waals surface area contributed by atoms with Gasteiger partial charge in [0.25, 0.3) is 11.8 Å². The Hall–Kier alpha value is -3.23. The molecule has 1 saturated heterocycles. The molecule has 144 valence electrons. The van der Waals surface area contributed by atoms with E-state index in [9.17, 15) is 24.0 Å². The number of anilines is 1. The van der Waals surface area contributed by atoms with Crippen LogP contribution in [0.15, 0.2) is 24.3 Å². The van der Waals surface area contributed by atoms with Gasteiger partial charge in [0.1, 0.15) is 12.1 Å². The normalized spacial score (nSPS) is 18.9. The quantitative estimate of drug-likeness (QED) is 0.418. The molecule has 1 aromatic carbocycles. The second-order valence-corrected chi connectivity index (χ2v) is 6.32. The molecule has 2 rings (SSSR count). The first-order chi connectivity index (χ1) is 12.7. The first-order valence-electron chi connectivity index (χ1n) is 8.37. The number of hydrogen-bond acceptors (Lipinski definition) is 6. The molecule has 27 heavy (non-hydrogen) atoms. The summed E-state index contributed by atoms with van der Waals surface area (Å²) in [6, 6.07) is 5.74. The van der Waals surface area contributed by atoms with Crippen LogP contribution in [0.5, 0.6) is 0 Å². The monoisotopic (exact) mass is 375 g/mol. The number of hydrogen-bond donors (Lipinski definition) is 2. The van der Waals surface area contributed by atoms with Crippen LogP contribution in [-0.2, 0) is 19.1 Å². The van der Waals surface area contributed by atoms with Crippen molar-refractivity contribution >= 4 is 35.3 Å². The van der Waals surface area contributed by atoms with Gasteiger partial charge in [-0.2, -0.15) is 0 Å². The third-order valence-corrected chi connectivity index (χ3v) is 4.28. The number of nitrogens with one attached hydrogen (secondary N) is 2. The molecule has 1 aliphatic heterocycles. The van der Waals surface area contributed by atoms with Crippen LogP contribution in [0, 0.1) is 0 Å². The zero-order chi connectivity index (χ0) is 20.2. The van der Waals surface area contributed by atoms with Crippen LogP contribution in [0.25, 0.3) is 0 Å². The predicted molar refractivity (Wildman–Crippen MR) is 95.0 cm³/mol. The van der Waals surface area contributed by atoms with E-state index in [0.29, 0.717) is 17.7 Å². The Morgan fingerprint density at radius 2 is 1.89 bits per heavy atom. The van der Waals surface area contributed by atoms with Gasteiger partial charge in [0.2, 0.25) is 0 Å². The summed E-state index contributed by atoms with van der Waals surface area (Å²) in [7, 11) is 0. The summed E-state index contributed by atoms with van der Waals surface area (Å²) in [4.78, 5) is 60.2. The van der Waals surface area contributed by atoms with Gasteiger partial charge in [-0.15, -0.1) is 0 Å². The summed E-state index contributed by atoms with van der Waals surface area (Å²) in [5.41, 5.74) is -0.417. The van der Waals surface area contributed by atoms with Gasteiger partial charge in [-0.25, -0.2) is 4.79 Å². The summed E-state index contributed by atoms with van der Waals surface area (Å²) >= 11 is 0. The van der Waals surface area contributed by atoms with E-state index in [1.807, 2.05) is 0 Å². The van der Waals surface area contributed by atoms with Gasteiger partial charge in [0.05, 0.1) is 5.69 Å². The Balaban J connectivity index is 1.89. The summed E-state index contributed by atoms with van der Waals surface area (Å²) in [5, 5.41) is 5.00. The molecule has 9 heteroatoms. The van der Waals surface area contributed by atoms with Crippen molar-refractivity contribution in [1.82, 2.24) is 10.2 Å². The zero-order valence-electron chi connectivity index (χ0n) is 15.3. The van der Waals surface area contributed by atoms with Gasteiger partial charge in [0.15, 0.2) is 12.4 Å². The van der Waals surface area contributed by atoms with Crippen LogP contribution in [0.4, 0.5) is 10.5 Å². The third kappa shape index (κ3) is 4.49. The largest absolute Gasteiger partial charge is 0.454 e. The van der Waals surface area contributed by atoms with Crippen molar-refractivity contribution in [2.75, 3.05) is 18.5 Å². The topological polar surface area (TPSA) is 122 Å². The number of benzene rings is 1. The Kier molecular flexibility index (Phi) is 5.94. The van der Waals surface area contributed by atoms with Gasteiger partial charge in [-0.1, -0.05) is 19.1 Å². The van der Waals surface area contributed by atoms with E-state index < -0.39 is 42.5 Å². The highest BCUT2D eigenvalue weighted by molar-refractivity contribution is 6.08. The van der Waals surface area contributed by atoms with Crippen molar-refractivity contribution in [2.45, 2.75) is 32.7 Å². The fourth-order valence-corrected chi connectivity index (χ4v) is 2.54. The molecule has 4 amide bonds. The maximum absolute atomic E-state index is 12.2. The Bertz CT molecular complexity index is 806. The van der Waals surface area contributed by atoms with Crippen molar-refractivity contribution < 1.29 is 28.7 Å². The Morgan fingerprint density at radius 3 is 2.48 bits per heavy atom. The van der Waals surface area contributed by atoms with Crippen LogP contribution >= 0.6 is 0 Å². The molecule has 0 aromatic heterocycles. The Labute approximate surface area is 156 Å². The number of para-hydroxylation sites is 1. The average molecular weight is 375 g/mol. The maximum atomic E-state index is 12.2. The number of amides is 4. The molecule has 1 atom stereocenters. The molecule has 0 aliphatic carbocycles. The molecule has 0 radical (unpaired) electrons. The minimum absolute atomic E-state index is 0.222. The smallest absolute Gasteiger partial charge is 0.326 e. The highest BCUT2D eigenvalue weighted by atomic mass is 16.5. The molecule has 9 nitrogen and oxygen atoms in total. The van der Waals surface area contributed by atoms with Crippen LogP contribution in [0.2, 0.25) is 0 Å². The number of imide groups is 1. The highest BCUT2D eigenvalue weighted by Gasteiger charge is 2.47. The molecule has 0 spiro atoms. The van der Waals surface area contributed by atoms with Crippen LogP contribution in [0.3, 0.4) is 0 Å². The SMILES string of the molecule is CCC1(C)NC(=O)N(CC(=O)OCC(=O)Nc2ccccc2C(C)=O)C1=O. The number of carbonyl (C=O) groups is 5. The average Bonchev–Trinajstić information content (AvgIpc) is 2.84. The summed E-state index contributed by atoms with van der Waals surface area (Å²) in [5.74, 6) is -2.28. The number of ketones is 1. The predicted octanol–water partition coefficient (Wildman–Crippen LogP) is 1.09. The maximum Gasteiger partial charge on any atom is 0.326 e. The van der Waals surface area contributed by atoms with E-state index in [1.165, 1.54) is 6.92 Å². The molecule has 1 heterocycles. The second kappa shape index (κ2) is 7.98. The number of nitrogens with zero attached hydrogens (tertiary/aromatic N) is 1. The van der Waals surface area contributed by atoms with E-state index in [2.05, 4.69) is 10.6 Å². The van der Waals surface area contributed by atoms with Crippen molar-refractivity contribution in [3.63, 3.8) is 0 Å². The molecule has 2 N–H and O–H groups in total.